The number of carboxylic acid groups (broad SMARTS) is 1. The summed E-state index contributed by atoms with van der Waals surface area (Å²) in [7, 11) is 0. The Hall–Kier alpha value is -12.4. The molecule has 0 unspecified atom stereocenters. The summed E-state index contributed by atoms with van der Waals surface area (Å²) in [5.41, 5.74) is 90.9. The van der Waals surface area contributed by atoms with Gasteiger partial charge in [0.05, 0.1) is 19.0 Å². The molecule has 1 fully saturated rings. The zero-order valence-electron chi connectivity index (χ0n) is 65.4. The second-order valence-corrected chi connectivity index (χ2v) is 27.3. The van der Waals surface area contributed by atoms with Gasteiger partial charge in [0.2, 0.25) is 70.9 Å². The Labute approximate surface area is 671 Å². The molecule has 1 aliphatic heterocycles. The number of primary amides is 1. The van der Waals surface area contributed by atoms with Crippen LogP contribution in [0, 0.1) is 0 Å². The number of unbranched alkanes of at least 4 members (excludes halogenated alkanes) is 2. The summed E-state index contributed by atoms with van der Waals surface area (Å²) in [6.45, 7) is -0.663. The number of nitrogens with zero attached hydrogens (tertiary/aromatic N) is 7. The van der Waals surface area contributed by atoms with E-state index in [1.807, 2.05) is 0 Å². The molecule has 0 spiro atoms. The Morgan fingerprint density at radius 3 is 0.974 bits per heavy atom. The second kappa shape index (κ2) is 55.2. The molecule has 1 heterocycles. The van der Waals surface area contributed by atoms with Gasteiger partial charge >= 0.3 is 5.97 Å². The van der Waals surface area contributed by atoms with E-state index in [-0.39, 0.29) is 216 Å². The van der Waals surface area contributed by atoms with Crippen LogP contribution in [-0.2, 0) is 68.7 Å². The molecule has 48 nitrogen and oxygen atoms in total. The number of carbonyl (C=O) groups excluding carboxylic acids is 12. The largest absolute Gasteiger partial charge is 0.508 e. The number of carbonyl (C=O) groups is 13. The SMILES string of the molecule is NCCCC[C@H](NC(=O)[C@H](CCCN=C(N)N)NC(=O)CNC(=O)[C@@H](N)Cc1ccc(O)cc1)C(=O)N[C@@H](CCCCN)C(=O)N[C@@H](CCCN=C(N)N)C(=O)N[C@@H](CCCN=C(N)N)C(=O)N[C@@H](CC(N)=O)C(=O)N[C@@H](CCCN=C(N)N)C(=O)N[C@@H](CCCN=C(N)N)C(=O)N[C@@H](CCCN=C(N)N)C(=O)N1CCC[C@H]1C(=O)O. The topological polar surface area (TPSA) is 876 Å². The van der Waals surface area contributed by atoms with Gasteiger partial charge in [-0.15, -0.1) is 0 Å². The molecule has 1 saturated heterocycles. The zero-order valence-corrected chi connectivity index (χ0v) is 65.4. The van der Waals surface area contributed by atoms with E-state index < -0.39 is 156 Å². The van der Waals surface area contributed by atoms with Crippen LogP contribution in [0.15, 0.2) is 54.2 Å². The van der Waals surface area contributed by atoms with Gasteiger partial charge in [-0.05, 0) is 166 Å². The molecule has 1 aromatic rings. The molecule has 116 heavy (non-hydrogen) atoms. The van der Waals surface area contributed by atoms with Gasteiger partial charge in [0.15, 0.2) is 35.8 Å². The minimum atomic E-state index is -1.94. The van der Waals surface area contributed by atoms with Crippen molar-refractivity contribution in [2.75, 3.05) is 65.4 Å². The monoisotopic (exact) mass is 1640 g/mol. The number of hydrogen-bond acceptors (Lipinski definition) is 23. The predicted octanol–water partition coefficient (Wildman–Crippen LogP) is -11.7. The smallest absolute Gasteiger partial charge is 0.326 e. The number of nitrogens with one attached hydrogen (secondary N) is 10. The summed E-state index contributed by atoms with van der Waals surface area (Å²) in [6.07, 6.45) is -0.533. The van der Waals surface area contributed by atoms with E-state index in [1.165, 1.54) is 12.1 Å². The van der Waals surface area contributed by atoms with Gasteiger partial charge in [0.25, 0.3) is 0 Å². The van der Waals surface area contributed by atoms with Gasteiger partial charge in [0.1, 0.15) is 66.2 Å². The Morgan fingerprint density at radius 1 is 0.388 bits per heavy atom. The van der Waals surface area contributed by atoms with Crippen LogP contribution in [0.3, 0.4) is 0 Å². The van der Waals surface area contributed by atoms with Crippen LogP contribution in [0.5, 0.6) is 5.75 Å². The van der Waals surface area contributed by atoms with E-state index in [1.54, 1.807) is 12.1 Å². The van der Waals surface area contributed by atoms with Crippen molar-refractivity contribution in [2.24, 2.45) is 122 Å². The number of aliphatic imine (C=N–C) groups is 6. The molecule has 0 aliphatic carbocycles. The van der Waals surface area contributed by atoms with Crippen LogP contribution in [0.2, 0.25) is 0 Å². The summed E-state index contributed by atoms with van der Waals surface area (Å²) in [5.74, 6) is -14.6. The predicted molar refractivity (Wildman–Crippen MR) is 432 cm³/mol. The first kappa shape index (κ1) is 99.7. The molecule has 2 rings (SSSR count). The van der Waals surface area contributed by atoms with Gasteiger partial charge in [0, 0.05) is 45.8 Å². The van der Waals surface area contributed by atoms with Crippen molar-refractivity contribution >= 4 is 113 Å². The van der Waals surface area contributed by atoms with Gasteiger partial charge in [-0.2, -0.15) is 0 Å². The molecule has 0 radical (unpaired) electrons. The van der Waals surface area contributed by atoms with E-state index in [0.717, 1.165) is 4.90 Å². The number of likely N-dealkylation sites (tertiary alicyclic amines) is 1. The maximum absolute atomic E-state index is 14.9. The zero-order chi connectivity index (χ0) is 86.8. The Kier molecular flexibility index (Phi) is 47.4. The highest BCUT2D eigenvalue weighted by atomic mass is 16.4. The lowest BCUT2D eigenvalue weighted by atomic mass is 10.0. The number of carboxylic acids is 1. The van der Waals surface area contributed by atoms with Gasteiger partial charge in [-0.3, -0.25) is 87.5 Å². The third kappa shape index (κ3) is 41.9. The van der Waals surface area contributed by atoms with E-state index >= 15 is 0 Å². The van der Waals surface area contributed by atoms with Crippen LogP contribution >= 0.6 is 0 Å². The molecule has 48 heteroatoms. The summed E-state index contributed by atoms with van der Waals surface area (Å²) in [6, 6.07) is -10.4. The molecule has 0 bridgehead atoms. The Bertz CT molecular complexity index is 3540. The number of rotatable bonds is 58. The number of nitrogens with two attached hydrogens (primary N) is 16. The fourth-order valence-electron chi connectivity index (χ4n) is 11.7. The molecular formula is C68H123N33O15. The van der Waals surface area contributed by atoms with E-state index in [4.69, 9.17) is 91.7 Å². The molecule has 0 saturated carbocycles. The first-order valence-electron chi connectivity index (χ1n) is 38.0. The summed E-state index contributed by atoms with van der Waals surface area (Å²) >= 11 is 0. The number of aliphatic carboxylic acids is 1. The maximum Gasteiger partial charge on any atom is 0.326 e. The lowest BCUT2D eigenvalue weighted by Crippen LogP contribution is -2.61. The molecule has 1 aromatic carbocycles. The van der Waals surface area contributed by atoms with E-state index in [0.29, 0.717) is 24.8 Å². The normalized spacial score (nSPS) is 14.7. The summed E-state index contributed by atoms with van der Waals surface area (Å²) in [4.78, 5) is 208. The molecular weight excluding hydrogens is 1520 g/mol. The number of phenolic OH excluding ortho intramolecular Hbond substituents is 1. The maximum atomic E-state index is 14.9. The van der Waals surface area contributed by atoms with Crippen molar-refractivity contribution in [3.63, 3.8) is 0 Å². The van der Waals surface area contributed by atoms with Crippen molar-refractivity contribution < 1.29 is 72.5 Å². The van der Waals surface area contributed by atoms with Crippen LogP contribution in [0.25, 0.3) is 0 Å². The minimum absolute atomic E-state index is 0.000126. The van der Waals surface area contributed by atoms with Crippen molar-refractivity contribution in [2.45, 2.75) is 208 Å². The molecule has 0 aromatic heterocycles. The lowest BCUT2D eigenvalue weighted by Gasteiger charge is -2.29. The quantitative estimate of drug-likeness (QED) is 0.0164. The van der Waals surface area contributed by atoms with Crippen molar-refractivity contribution in [1.82, 2.24) is 58.1 Å². The fraction of sp³-hybridized carbons (Fsp3) is 0.632. The number of guanidine groups is 6. The number of aromatic hydroxyl groups is 1. The average Bonchev–Trinajstić information content (AvgIpc) is 1.63. The van der Waals surface area contributed by atoms with Crippen LogP contribution < -0.4 is 145 Å². The van der Waals surface area contributed by atoms with Crippen LogP contribution in [-0.4, -0.2) is 260 Å². The lowest BCUT2D eigenvalue weighted by molar-refractivity contribution is -0.149. The third-order valence-corrected chi connectivity index (χ3v) is 17.6. The van der Waals surface area contributed by atoms with Crippen molar-refractivity contribution in [3.8, 4) is 5.75 Å². The summed E-state index contributed by atoms with van der Waals surface area (Å²) in [5, 5.41) is 45.3. The van der Waals surface area contributed by atoms with Crippen LogP contribution in [0.4, 0.5) is 0 Å². The van der Waals surface area contributed by atoms with Crippen LogP contribution in [0.1, 0.15) is 140 Å². The number of hydrogen-bond donors (Lipinski definition) is 28. The number of phenols is 1. The number of amides is 12. The van der Waals surface area contributed by atoms with E-state index in [9.17, 15) is 72.5 Å². The van der Waals surface area contributed by atoms with E-state index in [2.05, 4.69) is 83.1 Å². The molecule has 12 amide bonds. The highest BCUT2D eigenvalue weighted by Crippen LogP contribution is 2.21. The highest BCUT2D eigenvalue weighted by Gasteiger charge is 2.40. The molecule has 44 N–H and O–H groups in total. The Balaban J connectivity index is 2.68. The highest BCUT2D eigenvalue weighted by molar-refractivity contribution is 6.00. The average molecular weight is 1640 g/mol. The second-order valence-electron chi connectivity index (χ2n) is 27.3. The van der Waals surface area contributed by atoms with Crippen molar-refractivity contribution in [3.05, 3.63) is 29.8 Å². The minimum Gasteiger partial charge on any atom is -0.508 e. The standard InChI is InChI=1S/C68H123N33O15/c69-25-3-1-12-41(93-53(106)40(14-5-27-85-63(73)74)92-51(104)36-91-52(105)39(71)34-37-21-23-38(102)24-22-37)54(107)94-42(13-2-4-26-70)55(108)95-43(15-6-28-86-64(75)76)56(109)97-46(18-9-31-89-67(81)82)59(112)100-48(35-50(72)103)60(113)98-44(16-7-29-87-65(77)78)57(110)96-45(17-8-30-88-66(79)80)58(111)99-47(19-10-32-90-68(83)84)61(114)101-33-11-20-49(101)62(115)116/h21-24,39-49,102H,1-20,25-36,69-71H2,(H2,72,103)(H,91,105)(H,92,104)(H,93,106)(H,94,107)(H,95,108)(H,96,110)(H,97,109)(H,98,113)(H,99,111)(H,100,112)(H,115,116)(H4,73,74,85)(H4,75,76,86)(H4,77,78,87)(H4,79,80,88)(H4,81,82,89)(H4,83,84,90)/t39-,40-,41-,42-,43-,44-,45-,46-,47-,48-,49-/m0/s1. The molecule has 11 atom stereocenters. The Morgan fingerprint density at radius 2 is 0.672 bits per heavy atom. The van der Waals surface area contributed by atoms with Gasteiger partial charge in [-0.1, -0.05) is 12.1 Å². The molecule has 650 valence electrons. The number of benzene rings is 1. The van der Waals surface area contributed by atoms with Crippen molar-refractivity contribution in [1.29, 1.82) is 0 Å². The van der Waals surface area contributed by atoms with Gasteiger partial charge < -0.3 is 160 Å². The first-order valence-corrected chi connectivity index (χ1v) is 38.0. The molecule has 1 aliphatic rings. The summed E-state index contributed by atoms with van der Waals surface area (Å²) < 4.78 is 0. The fourth-order valence-corrected chi connectivity index (χ4v) is 11.7. The van der Waals surface area contributed by atoms with Gasteiger partial charge in [-0.25, -0.2) is 4.79 Å². The first-order chi connectivity index (χ1) is 55.0. The third-order valence-electron chi connectivity index (χ3n) is 17.6.